The smallest absolute Gasteiger partial charge is 0.330 e. The number of anilines is 2. The minimum atomic E-state index is -0.428. The summed E-state index contributed by atoms with van der Waals surface area (Å²) in [5, 5.41) is 2.86. The highest BCUT2D eigenvalue weighted by Crippen LogP contribution is 2.27. The first kappa shape index (κ1) is 22.1. The minimum Gasteiger partial charge on any atom is -0.494 e. The summed E-state index contributed by atoms with van der Waals surface area (Å²) >= 11 is 0. The lowest BCUT2D eigenvalue weighted by molar-refractivity contribution is -0.137. The SMILES string of the molecule is CCOC(=O)/C=C/c1ccc(NC(=O)C2CC(=O)N(c3ccc(OCC)cc3)C2)cc1. The molecule has 2 amide bonds. The van der Waals surface area contributed by atoms with E-state index in [-0.39, 0.29) is 18.2 Å². The maximum Gasteiger partial charge on any atom is 0.330 e. The van der Waals surface area contributed by atoms with E-state index in [1.165, 1.54) is 6.08 Å². The van der Waals surface area contributed by atoms with Crippen molar-refractivity contribution in [3.8, 4) is 5.75 Å². The highest BCUT2D eigenvalue weighted by molar-refractivity contribution is 6.03. The second kappa shape index (κ2) is 10.4. The summed E-state index contributed by atoms with van der Waals surface area (Å²) in [6, 6.07) is 14.4. The molecule has 7 heteroatoms. The van der Waals surface area contributed by atoms with Gasteiger partial charge in [-0.05, 0) is 61.9 Å². The molecular weight excluding hydrogens is 396 g/mol. The van der Waals surface area contributed by atoms with Crippen LogP contribution in [-0.2, 0) is 19.1 Å². The topological polar surface area (TPSA) is 84.9 Å². The fourth-order valence-electron chi connectivity index (χ4n) is 3.30. The van der Waals surface area contributed by atoms with E-state index >= 15 is 0 Å². The Morgan fingerprint density at radius 3 is 2.42 bits per heavy atom. The van der Waals surface area contributed by atoms with Crippen LogP contribution in [0.25, 0.3) is 6.08 Å². The molecule has 1 saturated heterocycles. The van der Waals surface area contributed by atoms with Gasteiger partial charge in [-0.2, -0.15) is 0 Å². The van der Waals surface area contributed by atoms with E-state index in [1.54, 1.807) is 42.2 Å². The van der Waals surface area contributed by atoms with Crippen molar-refractivity contribution >= 4 is 35.2 Å². The van der Waals surface area contributed by atoms with Crippen molar-refractivity contribution in [1.82, 2.24) is 0 Å². The molecule has 0 bridgehead atoms. The first-order chi connectivity index (χ1) is 15.0. The average molecular weight is 422 g/mol. The molecule has 2 aromatic rings. The summed E-state index contributed by atoms with van der Waals surface area (Å²) < 4.78 is 10.3. The van der Waals surface area contributed by atoms with Gasteiger partial charge in [0.25, 0.3) is 0 Å². The van der Waals surface area contributed by atoms with E-state index in [1.807, 2.05) is 31.2 Å². The maximum absolute atomic E-state index is 12.7. The van der Waals surface area contributed by atoms with Gasteiger partial charge in [-0.1, -0.05) is 12.1 Å². The second-order valence-electron chi connectivity index (χ2n) is 7.03. The molecular formula is C24H26N2O5. The summed E-state index contributed by atoms with van der Waals surface area (Å²) in [5.41, 5.74) is 2.19. The van der Waals surface area contributed by atoms with Crippen LogP contribution in [0.1, 0.15) is 25.8 Å². The van der Waals surface area contributed by atoms with Gasteiger partial charge in [0.1, 0.15) is 5.75 Å². The Bertz CT molecular complexity index is 951. The molecule has 0 spiro atoms. The van der Waals surface area contributed by atoms with Crippen molar-refractivity contribution in [2.45, 2.75) is 20.3 Å². The van der Waals surface area contributed by atoms with E-state index < -0.39 is 11.9 Å². The Balaban J connectivity index is 1.57. The van der Waals surface area contributed by atoms with Gasteiger partial charge < -0.3 is 19.7 Å². The monoisotopic (exact) mass is 422 g/mol. The van der Waals surface area contributed by atoms with Crippen LogP contribution in [0, 0.1) is 5.92 Å². The quantitative estimate of drug-likeness (QED) is 0.518. The molecule has 1 N–H and O–H groups in total. The molecule has 1 heterocycles. The number of hydrogen-bond donors (Lipinski definition) is 1. The zero-order chi connectivity index (χ0) is 22.2. The first-order valence-corrected chi connectivity index (χ1v) is 10.3. The van der Waals surface area contributed by atoms with Crippen molar-refractivity contribution in [3.05, 3.63) is 60.2 Å². The lowest BCUT2D eigenvalue weighted by Gasteiger charge is -2.17. The summed E-state index contributed by atoms with van der Waals surface area (Å²) in [6.07, 6.45) is 3.17. The Labute approximate surface area is 181 Å². The van der Waals surface area contributed by atoms with Crippen molar-refractivity contribution in [3.63, 3.8) is 0 Å². The van der Waals surface area contributed by atoms with Crippen LogP contribution < -0.4 is 15.0 Å². The van der Waals surface area contributed by atoms with Crippen molar-refractivity contribution in [2.75, 3.05) is 30.0 Å². The number of carbonyl (C=O) groups excluding carboxylic acids is 3. The van der Waals surface area contributed by atoms with Crippen LogP contribution in [-0.4, -0.2) is 37.5 Å². The number of ether oxygens (including phenoxy) is 2. The molecule has 1 atom stereocenters. The fourth-order valence-corrected chi connectivity index (χ4v) is 3.30. The van der Waals surface area contributed by atoms with Crippen LogP contribution in [0.15, 0.2) is 54.6 Å². The fraction of sp³-hybridized carbons (Fsp3) is 0.292. The lowest BCUT2D eigenvalue weighted by Crippen LogP contribution is -2.28. The van der Waals surface area contributed by atoms with Gasteiger partial charge in [0.2, 0.25) is 11.8 Å². The largest absolute Gasteiger partial charge is 0.494 e. The van der Waals surface area contributed by atoms with E-state index in [4.69, 9.17) is 9.47 Å². The third-order valence-electron chi connectivity index (χ3n) is 4.83. The number of nitrogens with one attached hydrogen (secondary N) is 1. The molecule has 31 heavy (non-hydrogen) atoms. The molecule has 7 nitrogen and oxygen atoms in total. The molecule has 0 aliphatic carbocycles. The minimum absolute atomic E-state index is 0.0799. The molecule has 0 saturated carbocycles. The summed E-state index contributed by atoms with van der Waals surface area (Å²) in [4.78, 5) is 38.1. The van der Waals surface area contributed by atoms with Crippen molar-refractivity contribution in [2.24, 2.45) is 5.92 Å². The molecule has 1 aliphatic heterocycles. The third kappa shape index (κ3) is 5.94. The highest BCUT2D eigenvalue weighted by Gasteiger charge is 2.35. The summed E-state index contributed by atoms with van der Waals surface area (Å²) in [5.74, 6) is -0.363. The van der Waals surface area contributed by atoms with Crippen LogP contribution in [0.4, 0.5) is 11.4 Å². The number of esters is 1. The standard InChI is InChI=1S/C24H26N2O5/c1-3-30-21-12-10-20(11-13-21)26-16-18(15-22(26)27)24(29)25-19-8-5-17(6-9-19)7-14-23(28)31-4-2/h5-14,18H,3-4,15-16H2,1-2H3,(H,25,29)/b14-7+. The molecule has 1 fully saturated rings. The van der Waals surface area contributed by atoms with Gasteiger partial charge in [0, 0.05) is 30.4 Å². The molecule has 1 unspecified atom stereocenters. The van der Waals surface area contributed by atoms with Crippen LogP contribution >= 0.6 is 0 Å². The number of nitrogens with zero attached hydrogens (tertiary/aromatic N) is 1. The van der Waals surface area contributed by atoms with Gasteiger partial charge in [-0.15, -0.1) is 0 Å². The second-order valence-corrected chi connectivity index (χ2v) is 7.03. The summed E-state index contributed by atoms with van der Waals surface area (Å²) in [7, 11) is 0. The molecule has 0 radical (unpaired) electrons. The Hall–Kier alpha value is -3.61. The van der Waals surface area contributed by atoms with E-state index in [9.17, 15) is 14.4 Å². The maximum atomic E-state index is 12.7. The number of rotatable bonds is 8. The normalized spacial score (nSPS) is 15.9. The Kier molecular flexibility index (Phi) is 7.43. The predicted octanol–water partition coefficient (Wildman–Crippen LogP) is 3.65. The zero-order valence-corrected chi connectivity index (χ0v) is 17.7. The number of amides is 2. The van der Waals surface area contributed by atoms with Crippen molar-refractivity contribution in [1.29, 1.82) is 0 Å². The number of benzene rings is 2. The van der Waals surface area contributed by atoms with Crippen molar-refractivity contribution < 1.29 is 23.9 Å². The van der Waals surface area contributed by atoms with Gasteiger partial charge in [0.15, 0.2) is 0 Å². The van der Waals surface area contributed by atoms with E-state index in [2.05, 4.69) is 5.32 Å². The van der Waals surface area contributed by atoms with Gasteiger partial charge in [0.05, 0.1) is 19.1 Å². The number of carbonyl (C=O) groups is 3. The first-order valence-electron chi connectivity index (χ1n) is 10.3. The Morgan fingerprint density at radius 2 is 1.77 bits per heavy atom. The van der Waals surface area contributed by atoms with Crippen LogP contribution in [0.2, 0.25) is 0 Å². The summed E-state index contributed by atoms with van der Waals surface area (Å²) in [6.45, 7) is 4.90. The van der Waals surface area contributed by atoms with Crippen LogP contribution in [0.3, 0.4) is 0 Å². The molecule has 2 aromatic carbocycles. The predicted molar refractivity (Wildman–Crippen MR) is 119 cm³/mol. The highest BCUT2D eigenvalue weighted by atomic mass is 16.5. The zero-order valence-electron chi connectivity index (χ0n) is 17.7. The average Bonchev–Trinajstić information content (AvgIpc) is 3.16. The molecule has 162 valence electrons. The van der Waals surface area contributed by atoms with Gasteiger partial charge >= 0.3 is 5.97 Å². The van der Waals surface area contributed by atoms with Crippen LogP contribution in [0.5, 0.6) is 5.75 Å². The van der Waals surface area contributed by atoms with E-state index in [0.717, 1.165) is 17.0 Å². The third-order valence-corrected chi connectivity index (χ3v) is 4.83. The Morgan fingerprint density at radius 1 is 1.06 bits per heavy atom. The van der Waals surface area contributed by atoms with Gasteiger partial charge in [-0.3, -0.25) is 9.59 Å². The number of hydrogen-bond acceptors (Lipinski definition) is 5. The lowest BCUT2D eigenvalue weighted by atomic mass is 10.1. The molecule has 0 aromatic heterocycles. The molecule has 3 rings (SSSR count). The van der Waals surface area contributed by atoms with E-state index in [0.29, 0.717) is 25.4 Å². The van der Waals surface area contributed by atoms with Gasteiger partial charge in [-0.25, -0.2) is 4.79 Å². The molecule has 1 aliphatic rings.